The minimum atomic E-state index is 0.258. The van der Waals surface area contributed by atoms with Gasteiger partial charge in [0.25, 0.3) is 0 Å². The van der Waals surface area contributed by atoms with Crippen molar-refractivity contribution in [3.63, 3.8) is 0 Å². The highest BCUT2D eigenvalue weighted by Gasteiger charge is 2.04. The molecule has 0 radical (unpaired) electrons. The first-order chi connectivity index (χ1) is 6.76. The molecule has 78 valence electrons. The first kappa shape index (κ1) is 11.4. The van der Waals surface area contributed by atoms with Gasteiger partial charge in [-0.3, -0.25) is 0 Å². The monoisotopic (exact) mass is 212 g/mol. The van der Waals surface area contributed by atoms with Crippen molar-refractivity contribution in [1.82, 2.24) is 0 Å². The van der Waals surface area contributed by atoms with Crippen molar-refractivity contribution in [2.45, 2.75) is 31.6 Å². The second kappa shape index (κ2) is 5.92. The van der Waals surface area contributed by atoms with E-state index in [0.29, 0.717) is 0 Å². The molecule has 14 heavy (non-hydrogen) atoms. The summed E-state index contributed by atoms with van der Waals surface area (Å²) in [6, 6.07) is 8.10. The van der Waals surface area contributed by atoms with E-state index in [4.69, 9.17) is 16.3 Å². The fraction of sp³-hybridized carbons (Fsp3) is 0.500. The maximum Gasteiger partial charge on any atom is 0.118 e. The molecule has 0 N–H and O–H groups in total. The number of hydrogen-bond acceptors (Lipinski definition) is 1. The maximum atomic E-state index is 6.16. The van der Waals surface area contributed by atoms with Crippen molar-refractivity contribution in [3.8, 4) is 5.75 Å². The summed E-state index contributed by atoms with van der Waals surface area (Å²) in [7, 11) is 1.68. The van der Waals surface area contributed by atoms with Crippen LogP contribution in [0.5, 0.6) is 5.75 Å². The molecular formula is C12H17ClO. The topological polar surface area (TPSA) is 9.23 Å². The SMILES string of the molecule is CCCC(Cl)Cc1ccc(OC)cc1. The van der Waals surface area contributed by atoms with E-state index in [2.05, 4.69) is 19.1 Å². The lowest BCUT2D eigenvalue weighted by molar-refractivity contribution is 0.414. The van der Waals surface area contributed by atoms with Crippen molar-refractivity contribution < 1.29 is 4.74 Å². The van der Waals surface area contributed by atoms with E-state index in [9.17, 15) is 0 Å². The van der Waals surface area contributed by atoms with Crippen molar-refractivity contribution >= 4 is 11.6 Å². The van der Waals surface area contributed by atoms with Crippen LogP contribution in [0.2, 0.25) is 0 Å². The Hall–Kier alpha value is -0.690. The fourth-order valence-corrected chi connectivity index (χ4v) is 1.83. The average molecular weight is 213 g/mol. The third-order valence-corrected chi connectivity index (χ3v) is 2.59. The van der Waals surface area contributed by atoms with Gasteiger partial charge in [-0.2, -0.15) is 0 Å². The summed E-state index contributed by atoms with van der Waals surface area (Å²) in [4.78, 5) is 0. The van der Waals surface area contributed by atoms with Crippen LogP contribution in [0.4, 0.5) is 0 Å². The second-order valence-electron chi connectivity index (χ2n) is 3.44. The quantitative estimate of drug-likeness (QED) is 0.678. The molecular weight excluding hydrogens is 196 g/mol. The zero-order valence-corrected chi connectivity index (χ0v) is 9.55. The van der Waals surface area contributed by atoms with Gasteiger partial charge in [0, 0.05) is 5.38 Å². The molecule has 0 fully saturated rings. The smallest absolute Gasteiger partial charge is 0.118 e. The molecule has 1 rings (SSSR count). The van der Waals surface area contributed by atoms with Gasteiger partial charge in [-0.25, -0.2) is 0 Å². The van der Waals surface area contributed by atoms with Gasteiger partial charge < -0.3 is 4.74 Å². The van der Waals surface area contributed by atoms with Crippen LogP contribution < -0.4 is 4.74 Å². The van der Waals surface area contributed by atoms with Gasteiger partial charge in [0.1, 0.15) is 5.75 Å². The molecule has 0 aliphatic rings. The Morgan fingerprint density at radius 2 is 1.93 bits per heavy atom. The van der Waals surface area contributed by atoms with Crippen molar-refractivity contribution in [2.24, 2.45) is 0 Å². The first-order valence-corrected chi connectivity index (χ1v) is 5.47. The van der Waals surface area contributed by atoms with Gasteiger partial charge >= 0.3 is 0 Å². The molecule has 0 amide bonds. The minimum absolute atomic E-state index is 0.258. The zero-order chi connectivity index (χ0) is 10.4. The van der Waals surface area contributed by atoms with Gasteiger partial charge in [-0.05, 0) is 30.5 Å². The van der Waals surface area contributed by atoms with Crippen LogP contribution in [0, 0.1) is 0 Å². The lowest BCUT2D eigenvalue weighted by Gasteiger charge is -2.08. The Morgan fingerprint density at radius 3 is 2.43 bits per heavy atom. The van der Waals surface area contributed by atoms with E-state index in [0.717, 1.165) is 25.0 Å². The molecule has 0 heterocycles. The molecule has 1 atom stereocenters. The average Bonchev–Trinajstić information content (AvgIpc) is 2.19. The highest BCUT2D eigenvalue weighted by molar-refractivity contribution is 6.20. The number of hydrogen-bond donors (Lipinski definition) is 0. The first-order valence-electron chi connectivity index (χ1n) is 5.03. The van der Waals surface area contributed by atoms with Crippen LogP contribution in [0.3, 0.4) is 0 Å². The summed E-state index contributed by atoms with van der Waals surface area (Å²) in [6.45, 7) is 2.16. The number of rotatable bonds is 5. The summed E-state index contributed by atoms with van der Waals surface area (Å²) in [6.07, 6.45) is 3.16. The molecule has 0 aliphatic carbocycles. The highest BCUT2D eigenvalue weighted by Crippen LogP contribution is 2.16. The van der Waals surface area contributed by atoms with Gasteiger partial charge in [0.05, 0.1) is 7.11 Å². The molecule has 0 aliphatic heterocycles. The van der Waals surface area contributed by atoms with Gasteiger partial charge in [-0.1, -0.05) is 25.5 Å². The van der Waals surface area contributed by atoms with Gasteiger partial charge in [0.15, 0.2) is 0 Å². The summed E-state index contributed by atoms with van der Waals surface area (Å²) in [5.41, 5.74) is 1.28. The highest BCUT2D eigenvalue weighted by atomic mass is 35.5. The minimum Gasteiger partial charge on any atom is -0.497 e. The third-order valence-electron chi connectivity index (χ3n) is 2.22. The molecule has 1 nitrogen and oxygen atoms in total. The predicted molar refractivity (Wildman–Crippen MR) is 61.2 cm³/mol. The zero-order valence-electron chi connectivity index (χ0n) is 8.79. The molecule has 0 saturated heterocycles. The Bertz CT molecular complexity index is 256. The summed E-state index contributed by atoms with van der Waals surface area (Å²) >= 11 is 6.16. The van der Waals surface area contributed by atoms with Crippen LogP contribution in [0.1, 0.15) is 25.3 Å². The van der Waals surface area contributed by atoms with E-state index in [1.807, 2.05) is 12.1 Å². The Kier molecular flexibility index (Phi) is 4.81. The molecule has 0 spiro atoms. The maximum absolute atomic E-state index is 6.16. The lowest BCUT2D eigenvalue weighted by atomic mass is 10.1. The molecule has 1 unspecified atom stereocenters. The standard InChI is InChI=1S/C12H17ClO/c1-3-4-11(13)9-10-5-7-12(14-2)8-6-10/h5-8,11H,3-4,9H2,1-2H3. The normalized spacial score (nSPS) is 12.5. The van der Waals surface area contributed by atoms with Crippen LogP contribution in [-0.4, -0.2) is 12.5 Å². The predicted octanol–water partition coefficient (Wildman–Crippen LogP) is 3.65. The van der Waals surface area contributed by atoms with E-state index in [1.54, 1.807) is 7.11 Å². The second-order valence-corrected chi connectivity index (χ2v) is 4.06. The van der Waals surface area contributed by atoms with Gasteiger partial charge in [-0.15, -0.1) is 11.6 Å². The molecule has 1 aromatic rings. The molecule has 2 heteroatoms. The summed E-state index contributed by atoms with van der Waals surface area (Å²) in [5, 5.41) is 0.258. The van der Waals surface area contributed by atoms with E-state index >= 15 is 0 Å². The molecule has 0 aromatic heterocycles. The van der Waals surface area contributed by atoms with Crippen molar-refractivity contribution in [1.29, 1.82) is 0 Å². The lowest BCUT2D eigenvalue weighted by Crippen LogP contribution is -2.02. The largest absolute Gasteiger partial charge is 0.497 e. The number of ether oxygens (including phenoxy) is 1. The third kappa shape index (κ3) is 3.59. The van der Waals surface area contributed by atoms with Crippen LogP contribution >= 0.6 is 11.6 Å². The van der Waals surface area contributed by atoms with Crippen molar-refractivity contribution in [2.75, 3.05) is 7.11 Å². The fourth-order valence-electron chi connectivity index (χ4n) is 1.43. The number of benzene rings is 1. The van der Waals surface area contributed by atoms with Gasteiger partial charge in [0.2, 0.25) is 0 Å². The van der Waals surface area contributed by atoms with Crippen LogP contribution in [-0.2, 0) is 6.42 Å². The van der Waals surface area contributed by atoms with Crippen molar-refractivity contribution in [3.05, 3.63) is 29.8 Å². The van der Waals surface area contributed by atoms with Crippen LogP contribution in [0.15, 0.2) is 24.3 Å². The van der Waals surface area contributed by atoms with Crippen LogP contribution in [0.25, 0.3) is 0 Å². The number of methoxy groups -OCH3 is 1. The molecule has 0 bridgehead atoms. The number of alkyl halides is 1. The van der Waals surface area contributed by atoms with E-state index in [-0.39, 0.29) is 5.38 Å². The van der Waals surface area contributed by atoms with E-state index in [1.165, 1.54) is 5.56 Å². The molecule has 0 saturated carbocycles. The molecule has 1 aromatic carbocycles. The summed E-state index contributed by atoms with van der Waals surface area (Å²) < 4.78 is 5.09. The number of halogens is 1. The summed E-state index contributed by atoms with van der Waals surface area (Å²) in [5.74, 6) is 0.898. The Labute approximate surface area is 91.0 Å². The Balaban J connectivity index is 2.50. The van der Waals surface area contributed by atoms with E-state index < -0.39 is 0 Å². The Morgan fingerprint density at radius 1 is 1.29 bits per heavy atom.